The Hall–Kier alpha value is -3.66. The molecule has 0 N–H and O–H groups in total. The molecule has 2 heterocycles. The van der Waals surface area contributed by atoms with E-state index in [1.165, 1.54) is 12.3 Å². The van der Waals surface area contributed by atoms with Gasteiger partial charge in [-0.3, -0.25) is 9.59 Å². The van der Waals surface area contributed by atoms with Crippen molar-refractivity contribution in [3.63, 3.8) is 0 Å². The number of carbonyl (C=O) groups excluding carboxylic acids is 1. The minimum Gasteiger partial charge on any atom is -0.484 e. The normalized spacial score (nSPS) is 15.1. The number of carbonyl (C=O) groups is 1. The lowest BCUT2D eigenvalue weighted by molar-refractivity contribution is 0.0850. The molecule has 1 atom stereocenters. The van der Waals surface area contributed by atoms with Crippen LogP contribution < -0.4 is 10.2 Å². The van der Waals surface area contributed by atoms with Gasteiger partial charge >= 0.3 is 0 Å². The third-order valence-electron chi connectivity index (χ3n) is 4.57. The quantitative estimate of drug-likeness (QED) is 0.463. The molecule has 0 aliphatic carbocycles. The Morgan fingerprint density at radius 3 is 2.29 bits per heavy atom. The van der Waals surface area contributed by atoms with Gasteiger partial charge < -0.3 is 9.15 Å². The van der Waals surface area contributed by atoms with E-state index in [0.717, 1.165) is 5.56 Å². The Bertz CT molecular complexity index is 1160. The van der Waals surface area contributed by atoms with Crippen LogP contribution in [0.5, 0.6) is 5.75 Å². The molecule has 0 amide bonds. The third-order valence-corrected chi connectivity index (χ3v) is 4.57. The highest BCUT2D eigenvalue weighted by Gasteiger charge is 2.26. The van der Waals surface area contributed by atoms with Crippen molar-refractivity contribution in [2.24, 2.45) is 0 Å². The molecule has 0 spiro atoms. The van der Waals surface area contributed by atoms with Gasteiger partial charge in [-0.1, -0.05) is 54.6 Å². The second kappa shape index (κ2) is 7.92. The van der Waals surface area contributed by atoms with E-state index in [1.54, 1.807) is 12.1 Å². The molecular weight excluding hydrogens is 352 g/mol. The molecule has 4 aromatic rings. The molecule has 5 rings (SSSR count). The summed E-state index contributed by atoms with van der Waals surface area (Å²) >= 11 is 0. The lowest BCUT2D eigenvalue weighted by Crippen LogP contribution is -2.20. The Balaban J connectivity index is 0.000000151. The fourth-order valence-electron chi connectivity index (χ4n) is 3.16. The molecule has 4 heteroatoms. The Morgan fingerprint density at radius 2 is 1.46 bits per heavy atom. The number of hydrogen-bond donors (Lipinski definition) is 0. The molecule has 0 radical (unpaired) electrons. The van der Waals surface area contributed by atoms with Crippen LogP contribution in [-0.2, 0) is 0 Å². The van der Waals surface area contributed by atoms with Crippen LogP contribution in [0.3, 0.4) is 0 Å². The lowest BCUT2D eigenvalue weighted by atomic mass is 9.96. The van der Waals surface area contributed by atoms with Gasteiger partial charge in [-0.05, 0) is 29.8 Å². The highest BCUT2D eigenvalue weighted by Crippen LogP contribution is 2.34. The predicted octanol–water partition coefficient (Wildman–Crippen LogP) is 5.19. The first-order chi connectivity index (χ1) is 13.7. The van der Waals surface area contributed by atoms with Crippen LogP contribution in [0.2, 0.25) is 0 Å². The Morgan fingerprint density at radius 1 is 0.750 bits per heavy atom. The Labute approximate surface area is 162 Å². The van der Waals surface area contributed by atoms with Crippen molar-refractivity contribution in [3.05, 3.63) is 113 Å². The molecule has 0 saturated heterocycles. The van der Waals surface area contributed by atoms with Gasteiger partial charge in [-0.15, -0.1) is 0 Å². The van der Waals surface area contributed by atoms with Crippen LogP contribution in [0.4, 0.5) is 0 Å². The van der Waals surface area contributed by atoms with E-state index >= 15 is 0 Å². The van der Waals surface area contributed by atoms with E-state index in [0.29, 0.717) is 28.7 Å². The zero-order valence-corrected chi connectivity index (χ0v) is 15.1. The topological polar surface area (TPSA) is 56.5 Å². The first kappa shape index (κ1) is 17.7. The average Bonchev–Trinajstić information content (AvgIpc) is 2.75. The minimum absolute atomic E-state index is 0.00634. The second-order valence-corrected chi connectivity index (χ2v) is 6.42. The standard InChI is InChI=1S/C15H12O2.C9H6O2/c16-13-10-15(11-6-2-1-3-7-11)17-14-9-5-4-8-12(13)14;10-8-5-6-11-9-4-2-1-3-7(8)9/h1-9,15H,10H2;1-6H. The molecule has 0 saturated carbocycles. The monoisotopic (exact) mass is 370 g/mol. The summed E-state index contributed by atoms with van der Waals surface area (Å²) in [6, 6.07) is 25.9. The van der Waals surface area contributed by atoms with E-state index in [2.05, 4.69) is 0 Å². The zero-order valence-electron chi connectivity index (χ0n) is 15.1. The van der Waals surface area contributed by atoms with E-state index < -0.39 is 0 Å². The molecule has 1 aliphatic heterocycles. The van der Waals surface area contributed by atoms with E-state index in [4.69, 9.17) is 9.15 Å². The van der Waals surface area contributed by atoms with Crippen LogP contribution in [0, 0.1) is 0 Å². The number of rotatable bonds is 1. The van der Waals surface area contributed by atoms with E-state index in [9.17, 15) is 9.59 Å². The summed E-state index contributed by atoms with van der Waals surface area (Å²) in [5.41, 5.74) is 2.39. The summed E-state index contributed by atoms with van der Waals surface area (Å²) in [4.78, 5) is 23.1. The number of benzene rings is 3. The zero-order chi connectivity index (χ0) is 19.3. The molecule has 0 bridgehead atoms. The van der Waals surface area contributed by atoms with Gasteiger partial charge in [0.15, 0.2) is 11.2 Å². The molecule has 28 heavy (non-hydrogen) atoms. The van der Waals surface area contributed by atoms with Gasteiger partial charge in [0.25, 0.3) is 0 Å². The van der Waals surface area contributed by atoms with Gasteiger partial charge in [0, 0.05) is 6.07 Å². The predicted molar refractivity (Wildman–Crippen MR) is 108 cm³/mol. The molecule has 138 valence electrons. The molecule has 1 unspecified atom stereocenters. The van der Waals surface area contributed by atoms with Crippen LogP contribution in [0.25, 0.3) is 11.0 Å². The SMILES string of the molecule is O=C1CC(c2ccccc2)Oc2ccccc21.O=c1ccoc2ccccc12. The summed E-state index contributed by atoms with van der Waals surface area (Å²) in [6.45, 7) is 0. The number of para-hydroxylation sites is 2. The van der Waals surface area contributed by atoms with Crippen LogP contribution in [0.1, 0.15) is 28.4 Å². The smallest absolute Gasteiger partial charge is 0.192 e. The number of hydrogen-bond acceptors (Lipinski definition) is 4. The maximum Gasteiger partial charge on any atom is 0.192 e. The highest BCUT2D eigenvalue weighted by atomic mass is 16.5. The molecule has 1 aromatic heterocycles. The third kappa shape index (κ3) is 3.71. The summed E-state index contributed by atoms with van der Waals surface area (Å²) in [6.07, 6.45) is 1.67. The summed E-state index contributed by atoms with van der Waals surface area (Å²) in [5, 5.41) is 0.634. The van der Waals surface area contributed by atoms with Crippen molar-refractivity contribution >= 4 is 16.8 Å². The van der Waals surface area contributed by atoms with Gasteiger partial charge in [0.2, 0.25) is 0 Å². The van der Waals surface area contributed by atoms with E-state index in [-0.39, 0.29) is 17.3 Å². The fourth-order valence-corrected chi connectivity index (χ4v) is 3.16. The van der Waals surface area contributed by atoms with Gasteiger partial charge in [-0.25, -0.2) is 0 Å². The number of Topliss-reactive ketones (excluding diaryl/α,β-unsaturated/α-hetero) is 1. The summed E-state index contributed by atoms with van der Waals surface area (Å²) < 4.78 is 11.0. The van der Waals surface area contributed by atoms with Crippen LogP contribution >= 0.6 is 0 Å². The van der Waals surface area contributed by atoms with Crippen molar-refractivity contribution in [1.29, 1.82) is 0 Å². The van der Waals surface area contributed by atoms with Crippen molar-refractivity contribution in [2.45, 2.75) is 12.5 Å². The maximum atomic E-state index is 12.0. The first-order valence-corrected chi connectivity index (χ1v) is 9.03. The summed E-state index contributed by atoms with van der Waals surface area (Å²) in [7, 11) is 0. The van der Waals surface area contributed by atoms with E-state index in [1.807, 2.05) is 66.7 Å². The fraction of sp³-hybridized carbons (Fsp3) is 0.0833. The Kier molecular flexibility index (Phi) is 5.02. The second-order valence-electron chi connectivity index (χ2n) is 6.42. The van der Waals surface area contributed by atoms with Crippen molar-refractivity contribution < 1.29 is 13.9 Å². The average molecular weight is 370 g/mol. The maximum absolute atomic E-state index is 12.0. The number of fused-ring (bicyclic) bond motifs is 2. The molecule has 1 aliphatic rings. The highest BCUT2D eigenvalue weighted by molar-refractivity contribution is 5.99. The first-order valence-electron chi connectivity index (χ1n) is 9.03. The van der Waals surface area contributed by atoms with Crippen molar-refractivity contribution in [3.8, 4) is 5.75 Å². The van der Waals surface area contributed by atoms with Gasteiger partial charge in [-0.2, -0.15) is 0 Å². The summed E-state index contributed by atoms with van der Waals surface area (Å²) in [5.74, 6) is 0.846. The van der Waals surface area contributed by atoms with Gasteiger partial charge in [0.05, 0.1) is 23.6 Å². The minimum atomic E-state index is -0.154. The van der Waals surface area contributed by atoms with Crippen molar-refractivity contribution in [2.75, 3.05) is 0 Å². The van der Waals surface area contributed by atoms with Gasteiger partial charge in [0.1, 0.15) is 17.4 Å². The van der Waals surface area contributed by atoms with Crippen LogP contribution in [-0.4, -0.2) is 5.78 Å². The lowest BCUT2D eigenvalue weighted by Gasteiger charge is -2.25. The molecule has 3 aromatic carbocycles. The molecule has 4 nitrogen and oxygen atoms in total. The van der Waals surface area contributed by atoms with Crippen LogP contribution in [0.15, 0.2) is 100 Å². The molecule has 0 fully saturated rings. The number of ketones is 1. The molecular formula is C24H18O4. The van der Waals surface area contributed by atoms with Crippen molar-refractivity contribution in [1.82, 2.24) is 0 Å². The largest absolute Gasteiger partial charge is 0.484 e. The number of ether oxygens (including phenoxy) is 1.